The molecule has 0 aliphatic carbocycles. The second-order valence-corrected chi connectivity index (χ2v) is 5.59. The molecule has 0 fully saturated rings. The van der Waals surface area contributed by atoms with E-state index in [0.717, 1.165) is 37.9 Å². The first-order valence-corrected chi connectivity index (χ1v) is 7.91. The Labute approximate surface area is 131 Å². The van der Waals surface area contributed by atoms with Crippen molar-refractivity contribution in [2.45, 2.75) is 25.7 Å². The van der Waals surface area contributed by atoms with E-state index in [1.165, 1.54) is 11.1 Å². The van der Waals surface area contributed by atoms with Gasteiger partial charge in [-0.05, 0) is 42.9 Å². The molecule has 0 saturated heterocycles. The highest BCUT2D eigenvalue weighted by molar-refractivity contribution is 5.90. The third-order valence-corrected chi connectivity index (χ3v) is 4.04. The number of anilines is 1. The highest BCUT2D eigenvalue weighted by Gasteiger charge is 2.24. The maximum absolute atomic E-state index is 12.1. The van der Waals surface area contributed by atoms with Gasteiger partial charge < -0.3 is 4.74 Å². The molecule has 0 radical (unpaired) electrons. The van der Waals surface area contributed by atoms with Crippen LogP contribution in [0.25, 0.3) is 0 Å². The second-order valence-electron chi connectivity index (χ2n) is 5.59. The zero-order valence-corrected chi connectivity index (χ0v) is 12.7. The van der Waals surface area contributed by atoms with E-state index in [1.54, 1.807) is 4.90 Å². The molecule has 0 atom stereocenters. The molecule has 0 N–H and O–H groups in total. The van der Waals surface area contributed by atoms with Crippen molar-refractivity contribution in [3.63, 3.8) is 0 Å². The fraction of sp³-hybridized carbons (Fsp3) is 0.316. The van der Waals surface area contributed by atoms with Crippen LogP contribution in [0, 0.1) is 0 Å². The minimum Gasteiger partial charge on any atom is -0.449 e. The summed E-state index contributed by atoms with van der Waals surface area (Å²) in [6.45, 7) is 1.21. The van der Waals surface area contributed by atoms with Crippen molar-refractivity contribution in [1.82, 2.24) is 0 Å². The lowest BCUT2D eigenvalue weighted by Crippen LogP contribution is -2.29. The highest BCUT2D eigenvalue weighted by Crippen LogP contribution is 2.27. The molecule has 114 valence electrons. The molecule has 22 heavy (non-hydrogen) atoms. The third kappa shape index (κ3) is 3.48. The quantitative estimate of drug-likeness (QED) is 0.773. The van der Waals surface area contributed by atoms with Gasteiger partial charge in [0.05, 0.1) is 12.3 Å². The molecule has 1 amide bonds. The van der Waals surface area contributed by atoms with Gasteiger partial charge in [0.1, 0.15) is 0 Å². The van der Waals surface area contributed by atoms with Crippen LogP contribution in [0.15, 0.2) is 54.6 Å². The first-order chi connectivity index (χ1) is 10.8. The summed E-state index contributed by atoms with van der Waals surface area (Å²) in [7, 11) is 0. The monoisotopic (exact) mass is 295 g/mol. The zero-order valence-electron chi connectivity index (χ0n) is 12.7. The predicted octanol–water partition coefficient (Wildman–Crippen LogP) is 4.21. The second kappa shape index (κ2) is 7.12. The summed E-state index contributed by atoms with van der Waals surface area (Å²) >= 11 is 0. The van der Waals surface area contributed by atoms with Crippen LogP contribution in [-0.2, 0) is 17.6 Å². The summed E-state index contributed by atoms with van der Waals surface area (Å²) in [4.78, 5) is 13.9. The number of hydrogen-bond acceptors (Lipinski definition) is 2. The molecule has 0 spiro atoms. The number of carbonyl (C=O) groups excluding carboxylic acids is 1. The van der Waals surface area contributed by atoms with E-state index in [0.29, 0.717) is 6.61 Å². The van der Waals surface area contributed by atoms with Gasteiger partial charge in [0, 0.05) is 6.54 Å². The van der Waals surface area contributed by atoms with Gasteiger partial charge in [-0.2, -0.15) is 0 Å². The first-order valence-electron chi connectivity index (χ1n) is 7.91. The minimum absolute atomic E-state index is 0.218. The number of rotatable bonds is 5. The molecule has 1 aliphatic heterocycles. The maximum atomic E-state index is 12.1. The molecule has 2 aromatic carbocycles. The number of nitrogens with zero attached hydrogens (tertiary/aromatic N) is 1. The number of aryl methyl sites for hydroxylation is 1. The van der Waals surface area contributed by atoms with Crippen molar-refractivity contribution in [3.05, 3.63) is 65.7 Å². The molecular formula is C19H21NO2. The molecule has 3 nitrogen and oxygen atoms in total. The van der Waals surface area contributed by atoms with Crippen molar-refractivity contribution >= 4 is 11.8 Å². The van der Waals surface area contributed by atoms with Gasteiger partial charge in [-0.3, -0.25) is 4.90 Å². The average Bonchev–Trinajstić information content (AvgIpc) is 2.99. The summed E-state index contributed by atoms with van der Waals surface area (Å²) in [6.07, 6.45) is 3.67. The van der Waals surface area contributed by atoms with Crippen LogP contribution < -0.4 is 4.90 Å². The van der Waals surface area contributed by atoms with Gasteiger partial charge >= 0.3 is 6.09 Å². The van der Waals surface area contributed by atoms with Crippen LogP contribution in [0.2, 0.25) is 0 Å². The fourth-order valence-electron chi connectivity index (χ4n) is 2.84. The Kier molecular flexibility index (Phi) is 4.74. The van der Waals surface area contributed by atoms with Crippen molar-refractivity contribution in [2.75, 3.05) is 18.1 Å². The lowest BCUT2D eigenvalue weighted by molar-refractivity contribution is 0.152. The standard InChI is InChI=1S/C19H21NO2/c21-19(20-14-13-17-11-4-5-12-18(17)20)22-15-7-6-10-16-8-2-1-3-9-16/h1-5,8-9,11-12H,6-7,10,13-15H2. The Morgan fingerprint density at radius 3 is 2.64 bits per heavy atom. The van der Waals surface area contributed by atoms with E-state index >= 15 is 0 Å². The summed E-state index contributed by atoms with van der Waals surface area (Å²) in [5.41, 5.74) is 3.56. The summed E-state index contributed by atoms with van der Waals surface area (Å²) in [6, 6.07) is 18.4. The summed E-state index contributed by atoms with van der Waals surface area (Å²) in [5.74, 6) is 0. The van der Waals surface area contributed by atoms with Crippen LogP contribution in [0.1, 0.15) is 24.0 Å². The van der Waals surface area contributed by atoms with Crippen LogP contribution >= 0.6 is 0 Å². The van der Waals surface area contributed by atoms with Gasteiger partial charge in [-0.1, -0.05) is 48.5 Å². The topological polar surface area (TPSA) is 29.5 Å². The molecular weight excluding hydrogens is 274 g/mol. The molecule has 3 rings (SSSR count). The number of unbranched alkanes of at least 4 members (excludes halogenated alkanes) is 1. The number of fused-ring (bicyclic) bond motifs is 1. The normalized spacial score (nSPS) is 13.0. The number of ether oxygens (including phenoxy) is 1. The van der Waals surface area contributed by atoms with Crippen LogP contribution in [0.3, 0.4) is 0 Å². The van der Waals surface area contributed by atoms with Crippen molar-refractivity contribution in [2.24, 2.45) is 0 Å². The Hall–Kier alpha value is -2.29. The average molecular weight is 295 g/mol. The van der Waals surface area contributed by atoms with Gasteiger partial charge in [-0.15, -0.1) is 0 Å². The number of benzene rings is 2. The van der Waals surface area contributed by atoms with Gasteiger partial charge in [-0.25, -0.2) is 4.79 Å². The van der Waals surface area contributed by atoms with Gasteiger partial charge in [0.15, 0.2) is 0 Å². The largest absolute Gasteiger partial charge is 0.449 e. The molecule has 0 bridgehead atoms. The highest BCUT2D eigenvalue weighted by atomic mass is 16.6. The van der Waals surface area contributed by atoms with E-state index in [4.69, 9.17) is 4.74 Å². The molecule has 1 aliphatic rings. The van der Waals surface area contributed by atoms with E-state index in [1.807, 2.05) is 24.3 Å². The lowest BCUT2D eigenvalue weighted by atomic mass is 10.1. The summed E-state index contributed by atoms with van der Waals surface area (Å²) < 4.78 is 5.41. The Balaban J connectivity index is 1.40. The number of amides is 1. The molecule has 3 heteroatoms. The smallest absolute Gasteiger partial charge is 0.414 e. The van der Waals surface area contributed by atoms with E-state index in [9.17, 15) is 4.79 Å². The van der Waals surface area contributed by atoms with E-state index in [2.05, 4.69) is 30.3 Å². The lowest BCUT2D eigenvalue weighted by Gasteiger charge is -2.16. The Bertz CT molecular complexity index is 624. The first kappa shape index (κ1) is 14.6. The van der Waals surface area contributed by atoms with Crippen molar-refractivity contribution in [1.29, 1.82) is 0 Å². The Morgan fingerprint density at radius 2 is 1.77 bits per heavy atom. The molecule has 1 heterocycles. The van der Waals surface area contributed by atoms with Crippen molar-refractivity contribution < 1.29 is 9.53 Å². The molecule has 0 unspecified atom stereocenters. The summed E-state index contributed by atoms with van der Waals surface area (Å²) in [5, 5.41) is 0. The predicted molar refractivity (Wildman–Crippen MR) is 88.2 cm³/mol. The fourth-order valence-corrected chi connectivity index (χ4v) is 2.84. The van der Waals surface area contributed by atoms with Crippen molar-refractivity contribution in [3.8, 4) is 0 Å². The van der Waals surface area contributed by atoms with Gasteiger partial charge in [0.25, 0.3) is 0 Å². The maximum Gasteiger partial charge on any atom is 0.414 e. The Morgan fingerprint density at radius 1 is 1.00 bits per heavy atom. The molecule has 0 aromatic heterocycles. The number of para-hydroxylation sites is 1. The van der Waals surface area contributed by atoms with E-state index in [-0.39, 0.29) is 6.09 Å². The van der Waals surface area contributed by atoms with E-state index < -0.39 is 0 Å². The molecule has 0 saturated carbocycles. The zero-order chi connectivity index (χ0) is 15.2. The van der Waals surface area contributed by atoms with Crippen LogP contribution in [-0.4, -0.2) is 19.2 Å². The van der Waals surface area contributed by atoms with Gasteiger partial charge in [0.2, 0.25) is 0 Å². The molecule has 2 aromatic rings. The number of hydrogen-bond donors (Lipinski definition) is 0. The van der Waals surface area contributed by atoms with Crippen LogP contribution in [0.5, 0.6) is 0 Å². The van der Waals surface area contributed by atoms with Crippen LogP contribution in [0.4, 0.5) is 10.5 Å². The minimum atomic E-state index is -0.218. The SMILES string of the molecule is O=C(OCCCCc1ccccc1)N1CCc2ccccc21. The number of carbonyl (C=O) groups is 1. The third-order valence-electron chi connectivity index (χ3n) is 4.04.